The Kier molecular flexibility index (Phi) is 11.5. The second-order valence-electron chi connectivity index (χ2n) is 13.2. The average Bonchev–Trinajstić information content (AvgIpc) is 2.78. The molecule has 3 aliphatic rings. The molecule has 1 N–H and O–H groups in total. The van der Waals surface area contributed by atoms with Gasteiger partial charge in [0.15, 0.2) is 0 Å². The number of amides is 1. The highest BCUT2D eigenvalue weighted by Gasteiger charge is 2.43. The monoisotopic (exact) mass is 542 g/mol. The molecule has 3 fully saturated rings. The number of rotatable bonds is 10. The van der Waals surface area contributed by atoms with E-state index in [0.29, 0.717) is 68.2 Å². The first-order valence-corrected chi connectivity index (χ1v) is 16.7. The van der Waals surface area contributed by atoms with E-state index in [1.807, 2.05) is 4.90 Å². The van der Waals surface area contributed by atoms with Gasteiger partial charge in [-0.05, 0) is 61.2 Å². The summed E-state index contributed by atoms with van der Waals surface area (Å²) in [5.41, 5.74) is 0. The molecular weight excluding hydrogens is 487 g/mol. The highest BCUT2D eigenvalue weighted by Crippen LogP contribution is 2.56. The molecule has 7 nitrogen and oxygen atoms in total. The van der Waals surface area contributed by atoms with Gasteiger partial charge in [0.2, 0.25) is 5.91 Å². The van der Waals surface area contributed by atoms with Crippen molar-refractivity contribution >= 4 is 13.5 Å². The molecule has 0 aromatic heterocycles. The van der Waals surface area contributed by atoms with Crippen LogP contribution in [0.3, 0.4) is 0 Å². The lowest BCUT2D eigenvalue weighted by molar-refractivity contribution is -0.130. The summed E-state index contributed by atoms with van der Waals surface area (Å²) in [6, 6.07) is 0. The highest BCUT2D eigenvalue weighted by atomic mass is 31.2. The lowest BCUT2D eigenvalue weighted by Gasteiger charge is -2.42. The molecule has 37 heavy (non-hydrogen) atoms. The fourth-order valence-electron chi connectivity index (χ4n) is 6.85. The van der Waals surface area contributed by atoms with Crippen molar-refractivity contribution < 1.29 is 23.5 Å². The van der Waals surface area contributed by atoms with E-state index in [-0.39, 0.29) is 24.3 Å². The van der Waals surface area contributed by atoms with Crippen molar-refractivity contribution in [3.8, 4) is 0 Å². The number of β-amino-alcohol motifs (C(OH)–C–C–N with tert-alkyl or cyclic N) is 1. The van der Waals surface area contributed by atoms with E-state index in [9.17, 15) is 14.5 Å². The molecule has 0 spiro atoms. The Morgan fingerprint density at radius 3 is 1.73 bits per heavy atom. The van der Waals surface area contributed by atoms with Crippen molar-refractivity contribution in [3.05, 3.63) is 0 Å². The molecule has 0 aromatic carbocycles. The molecule has 1 heterocycles. The van der Waals surface area contributed by atoms with Crippen molar-refractivity contribution in [2.75, 3.05) is 38.9 Å². The minimum Gasteiger partial charge on any atom is -0.391 e. The maximum atomic E-state index is 14.6. The fraction of sp³-hybridized carbons (Fsp3) is 0.966. The van der Waals surface area contributed by atoms with Crippen LogP contribution >= 0.6 is 7.60 Å². The molecule has 2 aliphatic carbocycles. The van der Waals surface area contributed by atoms with E-state index in [2.05, 4.69) is 46.4 Å². The van der Waals surface area contributed by atoms with Gasteiger partial charge in [-0.15, -0.1) is 0 Å². The lowest BCUT2D eigenvalue weighted by Crippen LogP contribution is -2.50. The lowest BCUT2D eigenvalue weighted by atomic mass is 9.75. The summed E-state index contributed by atoms with van der Waals surface area (Å²) in [7, 11) is -3.56. The molecule has 216 valence electrons. The van der Waals surface area contributed by atoms with Crippen molar-refractivity contribution in [3.63, 3.8) is 0 Å². The minimum atomic E-state index is -3.56. The first-order chi connectivity index (χ1) is 17.4. The molecule has 0 aromatic rings. The maximum Gasteiger partial charge on any atom is 0.333 e. The fourth-order valence-corrected chi connectivity index (χ4v) is 9.02. The summed E-state index contributed by atoms with van der Waals surface area (Å²) in [5, 5.41) is 11.2. The van der Waals surface area contributed by atoms with Gasteiger partial charge in [-0.2, -0.15) is 0 Å². The molecular formula is C29H55N2O5P. The smallest absolute Gasteiger partial charge is 0.333 e. The van der Waals surface area contributed by atoms with E-state index in [4.69, 9.17) is 9.05 Å². The number of carbonyl (C=O) groups is 1. The number of hydrogen-bond donors (Lipinski definition) is 1. The van der Waals surface area contributed by atoms with Gasteiger partial charge in [0.25, 0.3) is 0 Å². The Morgan fingerprint density at radius 2 is 1.32 bits per heavy atom. The summed E-state index contributed by atoms with van der Waals surface area (Å²) in [6.45, 7) is 18.2. The van der Waals surface area contributed by atoms with Gasteiger partial charge in [-0.1, -0.05) is 54.4 Å². The van der Waals surface area contributed by atoms with Gasteiger partial charge in [0.1, 0.15) is 0 Å². The minimum absolute atomic E-state index is 0.0331. The van der Waals surface area contributed by atoms with Crippen molar-refractivity contribution in [2.45, 2.75) is 105 Å². The van der Waals surface area contributed by atoms with E-state index >= 15 is 0 Å². The normalized spacial score (nSPS) is 34.5. The van der Waals surface area contributed by atoms with Gasteiger partial charge in [0, 0.05) is 39.6 Å². The largest absolute Gasteiger partial charge is 0.391 e. The van der Waals surface area contributed by atoms with Gasteiger partial charge in [-0.25, -0.2) is 0 Å². The predicted octanol–water partition coefficient (Wildman–Crippen LogP) is 5.66. The zero-order valence-corrected chi connectivity index (χ0v) is 25.5. The molecule has 2 saturated carbocycles. The van der Waals surface area contributed by atoms with Crippen LogP contribution < -0.4 is 0 Å². The van der Waals surface area contributed by atoms with Crippen LogP contribution in [-0.4, -0.2) is 78.0 Å². The molecule has 8 heteroatoms. The third-order valence-electron chi connectivity index (χ3n) is 9.24. The van der Waals surface area contributed by atoms with Crippen LogP contribution in [0.25, 0.3) is 0 Å². The summed E-state index contributed by atoms with van der Waals surface area (Å²) >= 11 is 0. The summed E-state index contributed by atoms with van der Waals surface area (Å²) in [4.78, 5) is 15.7. The van der Waals surface area contributed by atoms with Crippen LogP contribution in [-0.2, 0) is 18.4 Å². The first-order valence-electron chi connectivity index (χ1n) is 15.0. The number of piperazine rings is 1. The average molecular weight is 543 g/mol. The zero-order valence-electron chi connectivity index (χ0n) is 24.6. The molecule has 8 atom stereocenters. The molecule has 1 aliphatic heterocycles. The van der Waals surface area contributed by atoms with Crippen LogP contribution in [0.15, 0.2) is 0 Å². The van der Waals surface area contributed by atoms with Crippen LogP contribution in [0.5, 0.6) is 0 Å². The van der Waals surface area contributed by atoms with Crippen LogP contribution in [0.2, 0.25) is 0 Å². The van der Waals surface area contributed by atoms with Crippen molar-refractivity contribution in [1.82, 2.24) is 9.80 Å². The van der Waals surface area contributed by atoms with Crippen molar-refractivity contribution in [1.29, 1.82) is 0 Å². The summed E-state index contributed by atoms with van der Waals surface area (Å²) in [6.07, 6.45) is 5.36. The van der Waals surface area contributed by atoms with Gasteiger partial charge in [-0.3, -0.25) is 14.3 Å². The Balaban J connectivity index is 1.75. The Labute approximate surface area is 226 Å². The maximum absolute atomic E-state index is 14.6. The van der Waals surface area contributed by atoms with Gasteiger partial charge >= 0.3 is 7.60 Å². The van der Waals surface area contributed by atoms with E-state index < -0.39 is 13.7 Å². The number of nitrogens with zero attached hydrogens (tertiary/aromatic N) is 2. The molecule has 1 saturated heterocycles. The highest BCUT2D eigenvalue weighted by molar-refractivity contribution is 7.53. The number of aliphatic hydroxyl groups is 1. The third-order valence-corrected chi connectivity index (χ3v) is 11.3. The molecule has 0 radical (unpaired) electrons. The van der Waals surface area contributed by atoms with Crippen LogP contribution in [0.4, 0.5) is 0 Å². The molecule has 0 bridgehead atoms. The molecule has 3 rings (SSSR count). The third kappa shape index (κ3) is 9.03. The van der Waals surface area contributed by atoms with Crippen LogP contribution in [0.1, 0.15) is 87.0 Å². The SMILES string of the molecule is CC(=O)N1CCN(C[C@H](O)CP(=O)(O[C@@H]2C[C@H](C)CC[C@@H]2C(C)C)O[C@@H]2C[C@@H](C)CC[C@H]2C(C)C)CC1. The van der Waals surface area contributed by atoms with E-state index in [0.717, 1.165) is 25.7 Å². The Bertz CT molecular complexity index is 731. The Hall–Kier alpha value is -0.460. The zero-order chi connectivity index (χ0) is 27.3. The van der Waals surface area contributed by atoms with E-state index in [1.165, 1.54) is 12.8 Å². The summed E-state index contributed by atoms with van der Waals surface area (Å²) in [5.74, 6) is 2.78. The summed E-state index contributed by atoms with van der Waals surface area (Å²) < 4.78 is 27.8. The topological polar surface area (TPSA) is 79.3 Å². The standard InChI is InChI=1S/C29H55N2O5P/c1-20(2)26-10-8-22(5)16-28(26)35-37(34,36-29-17-23(6)9-11-27(29)21(3)4)19-25(33)18-30-12-14-31(15-13-30)24(7)32/h20-23,25-29,33H,8-19H2,1-7H3/t22-,23+,25-,26-,27+,28+,29+,37?/m0/s1. The molecule has 1 unspecified atom stereocenters. The number of carbonyl (C=O) groups excluding carboxylic acids is 1. The quantitative estimate of drug-likeness (QED) is 0.359. The van der Waals surface area contributed by atoms with Crippen molar-refractivity contribution in [2.24, 2.45) is 35.5 Å². The van der Waals surface area contributed by atoms with Gasteiger partial charge in [0.05, 0.1) is 24.5 Å². The van der Waals surface area contributed by atoms with Gasteiger partial charge < -0.3 is 19.1 Å². The first kappa shape index (κ1) is 31.1. The number of aliphatic hydroxyl groups excluding tert-OH is 1. The Morgan fingerprint density at radius 1 is 0.865 bits per heavy atom. The predicted molar refractivity (Wildman–Crippen MR) is 150 cm³/mol. The second-order valence-corrected chi connectivity index (χ2v) is 15.2. The second kappa shape index (κ2) is 13.7. The van der Waals surface area contributed by atoms with E-state index in [1.54, 1.807) is 6.92 Å². The van der Waals surface area contributed by atoms with Crippen LogP contribution in [0, 0.1) is 35.5 Å². The number of hydrogen-bond acceptors (Lipinski definition) is 6. The molecule has 1 amide bonds.